The molecule has 0 unspecified atom stereocenters. The lowest BCUT2D eigenvalue weighted by molar-refractivity contribution is 0.122. The molecule has 1 aliphatic rings. The van der Waals surface area contributed by atoms with Gasteiger partial charge < -0.3 is 14.6 Å². The van der Waals surface area contributed by atoms with E-state index in [0.29, 0.717) is 22.4 Å². The van der Waals surface area contributed by atoms with Gasteiger partial charge in [-0.05, 0) is 24.3 Å². The van der Waals surface area contributed by atoms with Crippen LogP contribution in [-0.2, 0) is 4.74 Å². The Morgan fingerprint density at radius 3 is 2.71 bits per heavy atom. The predicted octanol–water partition coefficient (Wildman–Crippen LogP) is 2.42. The maximum atomic E-state index is 6.11. The molecule has 0 aliphatic carbocycles. The fourth-order valence-corrected chi connectivity index (χ4v) is 2.79. The van der Waals surface area contributed by atoms with Crippen LogP contribution in [0.2, 0.25) is 5.15 Å². The quantitative estimate of drug-likeness (QED) is 0.736. The number of nitrogens with zero attached hydrogens (tertiary/aromatic N) is 5. The van der Waals surface area contributed by atoms with Gasteiger partial charge in [-0.15, -0.1) is 10.2 Å². The van der Waals surface area contributed by atoms with Crippen molar-refractivity contribution in [1.82, 2.24) is 25.1 Å². The molecule has 0 amide bonds. The number of H-pyrrole nitrogens is 1. The van der Waals surface area contributed by atoms with Crippen LogP contribution in [0.5, 0.6) is 0 Å². The zero-order valence-corrected chi connectivity index (χ0v) is 13.6. The molecule has 0 saturated carbocycles. The van der Waals surface area contributed by atoms with Gasteiger partial charge in [-0.3, -0.25) is 0 Å². The largest absolute Gasteiger partial charge is 0.378 e. The monoisotopic (exact) mass is 342 g/mol. The van der Waals surface area contributed by atoms with Crippen LogP contribution < -0.4 is 4.90 Å². The van der Waals surface area contributed by atoms with Crippen molar-refractivity contribution in [3.05, 3.63) is 41.7 Å². The van der Waals surface area contributed by atoms with E-state index in [1.807, 2.05) is 24.3 Å². The SMILES string of the molecule is Clc1ncccc1-c1nnc(-c2cccc(N3CCOCC3)n2)[nH]1. The summed E-state index contributed by atoms with van der Waals surface area (Å²) in [6.45, 7) is 3.11. The van der Waals surface area contributed by atoms with Crippen molar-refractivity contribution < 1.29 is 4.74 Å². The van der Waals surface area contributed by atoms with Gasteiger partial charge in [0.15, 0.2) is 11.6 Å². The first-order valence-corrected chi connectivity index (χ1v) is 8.03. The number of nitrogens with one attached hydrogen (secondary N) is 1. The Hall–Kier alpha value is -2.51. The third-order valence-corrected chi connectivity index (χ3v) is 4.11. The summed E-state index contributed by atoms with van der Waals surface area (Å²) in [6, 6.07) is 9.51. The summed E-state index contributed by atoms with van der Waals surface area (Å²) in [5.41, 5.74) is 1.44. The van der Waals surface area contributed by atoms with Crippen LogP contribution >= 0.6 is 11.6 Å². The van der Waals surface area contributed by atoms with Crippen molar-refractivity contribution in [1.29, 1.82) is 0 Å². The highest BCUT2D eigenvalue weighted by molar-refractivity contribution is 6.31. The van der Waals surface area contributed by atoms with Crippen LogP contribution in [0.25, 0.3) is 22.9 Å². The van der Waals surface area contributed by atoms with Gasteiger partial charge in [0.1, 0.15) is 16.7 Å². The van der Waals surface area contributed by atoms with Crippen LogP contribution in [0.3, 0.4) is 0 Å². The Bertz CT molecular complexity index is 846. The Labute approximate surface area is 143 Å². The number of ether oxygens (including phenoxy) is 1. The van der Waals surface area contributed by atoms with Gasteiger partial charge in [-0.2, -0.15) is 0 Å². The van der Waals surface area contributed by atoms with Gasteiger partial charge in [0, 0.05) is 19.3 Å². The third-order valence-electron chi connectivity index (χ3n) is 3.81. The molecule has 8 heteroatoms. The number of halogens is 1. The van der Waals surface area contributed by atoms with Gasteiger partial charge in [0.2, 0.25) is 0 Å². The highest BCUT2D eigenvalue weighted by Gasteiger charge is 2.15. The van der Waals surface area contributed by atoms with E-state index in [4.69, 9.17) is 16.3 Å². The number of hydrogen-bond acceptors (Lipinski definition) is 6. The summed E-state index contributed by atoms with van der Waals surface area (Å²) in [5.74, 6) is 2.08. The van der Waals surface area contributed by atoms with E-state index in [1.54, 1.807) is 12.3 Å². The van der Waals surface area contributed by atoms with Crippen molar-refractivity contribution >= 4 is 17.4 Å². The Kier molecular flexibility index (Phi) is 4.10. The van der Waals surface area contributed by atoms with Gasteiger partial charge in [0.05, 0.1) is 18.8 Å². The molecular weight excluding hydrogens is 328 g/mol. The van der Waals surface area contributed by atoms with E-state index >= 15 is 0 Å². The summed E-state index contributed by atoms with van der Waals surface area (Å²) in [4.78, 5) is 14.1. The minimum absolute atomic E-state index is 0.384. The Morgan fingerprint density at radius 2 is 1.88 bits per heavy atom. The van der Waals surface area contributed by atoms with Gasteiger partial charge >= 0.3 is 0 Å². The predicted molar refractivity (Wildman–Crippen MR) is 90.9 cm³/mol. The molecule has 1 saturated heterocycles. The molecule has 3 aromatic rings. The highest BCUT2D eigenvalue weighted by atomic mass is 35.5. The van der Waals surface area contributed by atoms with E-state index in [2.05, 4.69) is 30.0 Å². The number of aromatic amines is 1. The molecule has 0 bridgehead atoms. The van der Waals surface area contributed by atoms with E-state index in [0.717, 1.165) is 37.8 Å². The molecule has 1 N–H and O–H groups in total. The average molecular weight is 343 g/mol. The molecule has 4 heterocycles. The summed E-state index contributed by atoms with van der Waals surface area (Å²) in [7, 11) is 0. The first-order chi connectivity index (χ1) is 11.8. The molecule has 0 atom stereocenters. The van der Waals surface area contributed by atoms with Gasteiger partial charge in [0.25, 0.3) is 0 Å². The molecule has 0 radical (unpaired) electrons. The molecule has 24 heavy (non-hydrogen) atoms. The number of anilines is 1. The van der Waals surface area contributed by atoms with Crippen molar-refractivity contribution in [2.24, 2.45) is 0 Å². The van der Waals surface area contributed by atoms with Crippen LogP contribution in [-0.4, -0.2) is 51.5 Å². The lowest BCUT2D eigenvalue weighted by Gasteiger charge is -2.27. The van der Waals surface area contributed by atoms with E-state index in [1.165, 1.54) is 0 Å². The molecule has 1 fully saturated rings. The second-order valence-corrected chi connectivity index (χ2v) is 5.70. The maximum Gasteiger partial charge on any atom is 0.180 e. The molecule has 122 valence electrons. The van der Waals surface area contributed by atoms with Gasteiger partial charge in [-0.25, -0.2) is 9.97 Å². The number of pyridine rings is 2. The van der Waals surface area contributed by atoms with E-state index in [-0.39, 0.29) is 0 Å². The van der Waals surface area contributed by atoms with Crippen molar-refractivity contribution in [3.63, 3.8) is 0 Å². The molecule has 0 aromatic carbocycles. The fraction of sp³-hybridized carbons (Fsp3) is 0.250. The highest BCUT2D eigenvalue weighted by Crippen LogP contribution is 2.25. The van der Waals surface area contributed by atoms with Crippen LogP contribution in [0.4, 0.5) is 5.82 Å². The van der Waals surface area contributed by atoms with Crippen molar-refractivity contribution in [3.8, 4) is 22.9 Å². The first kappa shape index (κ1) is 15.0. The number of morpholine rings is 1. The fourth-order valence-electron chi connectivity index (χ4n) is 2.59. The van der Waals surface area contributed by atoms with Crippen LogP contribution in [0, 0.1) is 0 Å². The van der Waals surface area contributed by atoms with Crippen molar-refractivity contribution in [2.75, 3.05) is 31.2 Å². The summed E-state index contributed by atoms with van der Waals surface area (Å²) in [6.07, 6.45) is 1.64. The molecule has 1 aliphatic heterocycles. The lowest BCUT2D eigenvalue weighted by atomic mass is 10.3. The third kappa shape index (κ3) is 2.95. The number of aromatic nitrogens is 5. The Balaban J connectivity index is 1.64. The molecule has 7 nitrogen and oxygen atoms in total. The summed E-state index contributed by atoms with van der Waals surface area (Å²) >= 11 is 6.11. The Morgan fingerprint density at radius 1 is 1.04 bits per heavy atom. The average Bonchev–Trinajstić information content (AvgIpc) is 3.13. The zero-order chi connectivity index (χ0) is 16.4. The number of hydrogen-bond donors (Lipinski definition) is 1. The van der Waals surface area contributed by atoms with E-state index < -0.39 is 0 Å². The molecule has 3 aromatic heterocycles. The van der Waals surface area contributed by atoms with Crippen LogP contribution in [0.15, 0.2) is 36.5 Å². The standard InChI is InChI=1S/C16H15ClN6O/c17-14-11(3-2-6-18-14)15-20-16(22-21-15)12-4-1-5-13(19-12)23-7-9-24-10-8-23/h1-6H,7-10H2,(H,20,21,22). The lowest BCUT2D eigenvalue weighted by Crippen LogP contribution is -2.36. The molecule has 0 spiro atoms. The molecular formula is C16H15ClN6O. The molecule has 4 rings (SSSR count). The maximum absolute atomic E-state index is 6.11. The summed E-state index contributed by atoms with van der Waals surface area (Å²) in [5, 5.41) is 8.74. The zero-order valence-electron chi connectivity index (χ0n) is 12.8. The minimum Gasteiger partial charge on any atom is -0.378 e. The second kappa shape index (κ2) is 6.54. The van der Waals surface area contributed by atoms with E-state index in [9.17, 15) is 0 Å². The normalized spacial score (nSPS) is 14.8. The van der Waals surface area contributed by atoms with Gasteiger partial charge in [-0.1, -0.05) is 17.7 Å². The topological polar surface area (TPSA) is 79.8 Å². The second-order valence-electron chi connectivity index (χ2n) is 5.34. The van der Waals surface area contributed by atoms with Crippen LogP contribution in [0.1, 0.15) is 0 Å². The minimum atomic E-state index is 0.384. The summed E-state index contributed by atoms with van der Waals surface area (Å²) < 4.78 is 5.38. The smallest absolute Gasteiger partial charge is 0.180 e. The number of rotatable bonds is 3. The first-order valence-electron chi connectivity index (χ1n) is 7.65. The van der Waals surface area contributed by atoms with Crippen molar-refractivity contribution in [2.45, 2.75) is 0 Å².